The third-order valence-corrected chi connectivity index (χ3v) is 5.37. The highest BCUT2D eigenvalue weighted by molar-refractivity contribution is 5.95. The van der Waals surface area contributed by atoms with Gasteiger partial charge in [0.05, 0.1) is 23.3 Å². The molecule has 2 aliphatic rings. The number of methoxy groups -OCH3 is 2. The highest BCUT2D eigenvalue weighted by Gasteiger charge is 2.52. The highest BCUT2D eigenvalue weighted by atomic mass is 16.5. The first-order chi connectivity index (χ1) is 10.6. The fourth-order valence-corrected chi connectivity index (χ4v) is 3.98. The monoisotopic (exact) mass is 304 g/mol. The number of amides is 1. The van der Waals surface area contributed by atoms with E-state index in [4.69, 9.17) is 9.47 Å². The maximum atomic E-state index is 13.0. The van der Waals surface area contributed by atoms with Crippen LogP contribution in [0.15, 0.2) is 18.3 Å². The lowest BCUT2D eigenvalue weighted by Crippen LogP contribution is -2.53. The number of hydrogen-bond acceptors (Lipinski definition) is 4. The van der Waals surface area contributed by atoms with Crippen LogP contribution in [0.2, 0.25) is 0 Å². The first kappa shape index (κ1) is 15.4. The lowest BCUT2D eigenvalue weighted by molar-refractivity contribution is -0.0893. The van der Waals surface area contributed by atoms with Crippen molar-refractivity contribution in [1.29, 1.82) is 0 Å². The number of aryl methyl sites for hydroxylation is 1. The van der Waals surface area contributed by atoms with E-state index in [1.165, 1.54) is 0 Å². The van der Waals surface area contributed by atoms with E-state index in [-0.39, 0.29) is 23.7 Å². The predicted octanol–water partition coefficient (Wildman–Crippen LogP) is 2.19. The van der Waals surface area contributed by atoms with E-state index in [2.05, 4.69) is 4.98 Å². The molecule has 1 aliphatic carbocycles. The van der Waals surface area contributed by atoms with E-state index < -0.39 is 0 Å². The average Bonchev–Trinajstić information content (AvgIpc) is 2.93. The minimum absolute atomic E-state index is 0.0614. The van der Waals surface area contributed by atoms with Crippen molar-refractivity contribution in [2.24, 2.45) is 0 Å². The van der Waals surface area contributed by atoms with Crippen molar-refractivity contribution in [3.8, 4) is 0 Å². The van der Waals surface area contributed by atoms with Crippen LogP contribution in [0, 0.1) is 6.92 Å². The van der Waals surface area contributed by atoms with Gasteiger partial charge in [-0.25, -0.2) is 0 Å². The molecular formula is C17H24N2O3. The first-order valence-electron chi connectivity index (χ1n) is 7.92. The minimum atomic E-state index is -0.208. The minimum Gasteiger partial charge on any atom is -0.381 e. The highest BCUT2D eigenvalue weighted by Crippen LogP contribution is 2.43. The van der Waals surface area contributed by atoms with Gasteiger partial charge in [-0.05, 0) is 44.7 Å². The molecule has 0 bridgehead atoms. The number of likely N-dealkylation sites (tertiary alicyclic amines) is 1. The molecule has 0 N–H and O–H groups in total. The van der Waals surface area contributed by atoms with Crippen molar-refractivity contribution >= 4 is 5.91 Å². The number of fused-ring (bicyclic) bond motifs is 1. The Hall–Kier alpha value is -1.46. The second-order valence-corrected chi connectivity index (χ2v) is 6.30. The maximum absolute atomic E-state index is 13.0. The number of pyridine rings is 1. The molecule has 0 radical (unpaired) electrons. The van der Waals surface area contributed by atoms with Crippen LogP contribution in [0.25, 0.3) is 0 Å². The van der Waals surface area contributed by atoms with E-state index in [0.29, 0.717) is 5.56 Å². The van der Waals surface area contributed by atoms with Crippen LogP contribution in [0.1, 0.15) is 41.7 Å². The van der Waals surface area contributed by atoms with Crippen LogP contribution in [0.5, 0.6) is 0 Å². The van der Waals surface area contributed by atoms with Gasteiger partial charge in [0.2, 0.25) is 0 Å². The van der Waals surface area contributed by atoms with Crippen molar-refractivity contribution in [3.63, 3.8) is 0 Å². The molecule has 2 unspecified atom stereocenters. The molecule has 2 fully saturated rings. The van der Waals surface area contributed by atoms with Crippen LogP contribution in [0.3, 0.4) is 0 Å². The molecule has 2 heterocycles. The summed E-state index contributed by atoms with van der Waals surface area (Å²) < 4.78 is 11.4. The van der Waals surface area contributed by atoms with Crippen LogP contribution in [0.4, 0.5) is 0 Å². The molecule has 1 aromatic rings. The third-order valence-electron chi connectivity index (χ3n) is 5.37. The lowest BCUT2D eigenvalue weighted by atomic mass is 9.79. The standard InChI is InChI=1S/C17H24N2O3/c1-12-14(5-4-9-18-12)16(20)19-10-8-17(22-3)7-6-13(21-2)11-15(17)19/h4-5,9,13,15H,6-8,10-11H2,1-3H3/t13?,15?,17-/m1/s1. The van der Waals surface area contributed by atoms with E-state index in [0.717, 1.165) is 37.9 Å². The van der Waals surface area contributed by atoms with Crippen LogP contribution < -0.4 is 0 Å². The van der Waals surface area contributed by atoms with Crippen molar-refractivity contribution < 1.29 is 14.3 Å². The molecule has 120 valence electrons. The fourth-order valence-electron chi connectivity index (χ4n) is 3.98. The van der Waals surface area contributed by atoms with Gasteiger partial charge in [-0.1, -0.05) is 0 Å². The fraction of sp³-hybridized carbons (Fsp3) is 0.647. The molecule has 0 spiro atoms. The molecule has 1 saturated carbocycles. The van der Waals surface area contributed by atoms with Gasteiger partial charge in [0, 0.05) is 32.7 Å². The summed E-state index contributed by atoms with van der Waals surface area (Å²) in [5.74, 6) is 0.0614. The summed E-state index contributed by atoms with van der Waals surface area (Å²) in [5, 5.41) is 0. The van der Waals surface area contributed by atoms with E-state index in [9.17, 15) is 4.79 Å². The quantitative estimate of drug-likeness (QED) is 0.859. The van der Waals surface area contributed by atoms with Gasteiger partial charge in [0.15, 0.2) is 0 Å². The number of carbonyl (C=O) groups excluding carboxylic acids is 1. The number of aromatic nitrogens is 1. The molecule has 1 aliphatic heterocycles. The van der Waals surface area contributed by atoms with Gasteiger partial charge in [0.25, 0.3) is 5.91 Å². The predicted molar refractivity (Wildman–Crippen MR) is 82.8 cm³/mol. The molecule has 1 saturated heterocycles. The zero-order valence-corrected chi connectivity index (χ0v) is 13.5. The number of nitrogens with zero attached hydrogens (tertiary/aromatic N) is 2. The normalized spacial score (nSPS) is 31.1. The summed E-state index contributed by atoms with van der Waals surface area (Å²) in [6.45, 7) is 2.62. The molecule has 3 rings (SSSR count). The Morgan fingerprint density at radius 1 is 1.41 bits per heavy atom. The SMILES string of the molecule is COC1CC[C@@]2(OC)CCN(C(=O)c3cccnc3C)C2C1. The van der Waals surface area contributed by atoms with Gasteiger partial charge in [-0.2, -0.15) is 0 Å². The van der Waals surface area contributed by atoms with Gasteiger partial charge in [-0.15, -0.1) is 0 Å². The molecule has 1 amide bonds. The van der Waals surface area contributed by atoms with Gasteiger partial charge >= 0.3 is 0 Å². The van der Waals surface area contributed by atoms with E-state index in [1.807, 2.05) is 24.0 Å². The Kier molecular flexibility index (Phi) is 4.19. The summed E-state index contributed by atoms with van der Waals surface area (Å²) in [6.07, 6.45) is 5.61. The summed E-state index contributed by atoms with van der Waals surface area (Å²) in [7, 11) is 3.51. The van der Waals surface area contributed by atoms with Crippen LogP contribution in [-0.4, -0.2) is 54.3 Å². The van der Waals surface area contributed by atoms with Gasteiger partial charge in [0.1, 0.15) is 0 Å². The number of hydrogen-bond donors (Lipinski definition) is 0. The van der Waals surface area contributed by atoms with Crippen molar-refractivity contribution in [1.82, 2.24) is 9.88 Å². The Morgan fingerprint density at radius 2 is 2.23 bits per heavy atom. The lowest BCUT2D eigenvalue weighted by Gasteiger charge is -2.43. The molecule has 5 heteroatoms. The zero-order chi connectivity index (χ0) is 15.7. The molecule has 5 nitrogen and oxygen atoms in total. The molecule has 3 atom stereocenters. The van der Waals surface area contributed by atoms with Crippen LogP contribution in [-0.2, 0) is 9.47 Å². The van der Waals surface area contributed by atoms with Crippen LogP contribution >= 0.6 is 0 Å². The smallest absolute Gasteiger partial charge is 0.256 e. The number of ether oxygens (including phenoxy) is 2. The molecule has 1 aromatic heterocycles. The second kappa shape index (κ2) is 5.97. The molecular weight excluding hydrogens is 280 g/mol. The summed E-state index contributed by atoms with van der Waals surface area (Å²) in [4.78, 5) is 19.2. The number of carbonyl (C=O) groups is 1. The van der Waals surface area contributed by atoms with Crippen molar-refractivity contribution in [2.45, 2.75) is 50.4 Å². The average molecular weight is 304 g/mol. The summed E-state index contributed by atoms with van der Waals surface area (Å²) in [6, 6.07) is 3.76. The van der Waals surface area contributed by atoms with Gasteiger partial charge < -0.3 is 14.4 Å². The second-order valence-electron chi connectivity index (χ2n) is 6.30. The van der Waals surface area contributed by atoms with Crippen molar-refractivity contribution in [2.75, 3.05) is 20.8 Å². The van der Waals surface area contributed by atoms with Gasteiger partial charge in [-0.3, -0.25) is 9.78 Å². The largest absolute Gasteiger partial charge is 0.381 e. The summed E-state index contributed by atoms with van der Waals surface area (Å²) in [5.41, 5.74) is 1.26. The molecule has 0 aromatic carbocycles. The first-order valence-corrected chi connectivity index (χ1v) is 7.92. The molecule has 22 heavy (non-hydrogen) atoms. The Bertz CT molecular complexity index is 563. The maximum Gasteiger partial charge on any atom is 0.256 e. The summed E-state index contributed by atoms with van der Waals surface area (Å²) >= 11 is 0. The van der Waals surface area contributed by atoms with E-state index in [1.54, 1.807) is 20.4 Å². The van der Waals surface area contributed by atoms with E-state index >= 15 is 0 Å². The Labute approximate surface area is 131 Å². The zero-order valence-electron chi connectivity index (χ0n) is 13.5. The van der Waals surface area contributed by atoms with Crippen molar-refractivity contribution in [3.05, 3.63) is 29.6 Å². The Morgan fingerprint density at radius 3 is 2.91 bits per heavy atom. The topological polar surface area (TPSA) is 51.7 Å². The third kappa shape index (κ3) is 2.42. The Balaban J connectivity index is 1.88. The number of rotatable bonds is 3.